The summed E-state index contributed by atoms with van der Waals surface area (Å²) in [6.45, 7) is 3.89. The lowest BCUT2D eigenvalue weighted by molar-refractivity contribution is 0.0596. The minimum atomic E-state index is 0.346. The highest BCUT2D eigenvalue weighted by atomic mass is 35.5. The van der Waals surface area contributed by atoms with E-state index in [1.807, 2.05) is 11.7 Å². The summed E-state index contributed by atoms with van der Waals surface area (Å²) in [5.41, 5.74) is 2.43. The van der Waals surface area contributed by atoms with Gasteiger partial charge in [-0.1, -0.05) is 18.5 Å². The number of likely N-dealkylation sites (N-methyl/N-ethyl adjacent to an activating group) is 1. The van der Waals surface area contributed by atoms with Crippen LogP contribution < -0.4 is 5.32 Å². The van der Waals surface area contributed by atoms with Crippen LogP contribution in [0.4, 0.5) is 0 Å². The van der Waals surface area contributed by atoms with Gasteiger partial charge in [0, 0.05) is 25.7 Å². The van der Waals surface area contributed by atoms with Gasteiger partial charge in [-0.25, -0.2) is 0 Å². The Balaban J connectivity index is 1.94. The Morgan fingerprint density at radius 3 is 2.53 bits per heavy atom. The van der Waals surface area contributed by atoms with Gasteiger partial charge in [-0.15, -0.1) is 0 Å². The van der Waals surface area contributed by atoms with E-state index in [2.05, 4.69) is 36.3 Å². The van der Waals surface area contributed by atoms with Crippen molar-refractivity contribution in [2.75, 3.05) is 20.6 Å². The van der Waals surface area contributed by atoms with E-state index in [1.54, 1.807) is 0 Å². The molecule has 0 spiro atoms. The predicted molar refractivity (Wildman–Crippen MR) is 79.6 cm³/mol. The smallest absolute Gasteiger partial charge is 0.0863 e. The minimum absolute atomic E-state index is 0.346. The number of halogens is 1. The summed E-state index contributed by atoms with van der Waals surface area (Å²) in [5.74, 6) is 0. The maximum absolute atomic E-state index is 6.36. The molecule has 19 heavy (non-hydrogen) atoms. The van der Waals surface area contributed by atoms with E-state index in [1.165, 1.54) is 19.3 Å². The molecule has 0 bridgehead atoms. The van der Waals surface area contributed by atoms with Gasteiger partial charge in [0.1, 0.15) is 0 Å². The molecule has 0 unspecified atom stereocenters. The topological polar surface area (TPSA) is 33.1 Å². The van der Waals surface area contributed by atoms with Gasteiger partial charge in [0.25, 0.3) is 0 Å². The quantitative estimate of drug-likeness (QED) is 0.869. The van der Waals surface area contributed by atoms with E-state index in [4.69, 9.17) is 11.6 Å². The Morgan fingerprint density at radius 2 is 2.11 bits per heavy atom. The number of nitrogens with one attached hydrogen (secondary N) is 1. The largest absolute Gasteiger partial charge is 0.309 e. The van der Waals surface area contributed by atoms with Crippen molar-refractivity contribution in [1.82, 2.24) is 20.0 Å². The summed E-state index contributed by atoms with van der Waals surface area (Å²) < 4.78 is 1.90. The van der Waals surface area contributed by atoms with Gasteiger partial charge in [0.15, 0.2) is 0 Å². The van der Waals surface area contributed by atoms with Gasteiger partial charge < -0.3 is 10.2 Å². The molecule has 1 aromatic heterocycles. The third-order valence-corrected chi connectivity index (χ3v) is 4.92. The highest BCUT2D eigenvalue weighted by Gasteiger charge is 2.38. The number of rotatable bonds is 6. The first-order valence-electron chi connectivity index (χ1n) is 7.08. The Kier molecular flexibility index (Phi) is 4.54. The SMILES string of the molecule is CCc1nn(C)c(CNCC2(N(C)C)CCC2)c1Cl. The standard InChI is InChI=1S/C14H25ClN4/c1-5-11-13(15)12(19(4)17-11)9-16-10-14(18(2)3)7-6-8-14/h16H,5-10H2,1-4H3. The lowest BCUT2D eigenvalue weighted by Crippen LogP contribution is -2.56. The van der Waals surface area contributed by atoms with E-state index in [9.17, 15) is 0 Å². The van der Waals surface area contributed by atoms with Crippen LogP contribution in [-0.2, 0) is 20.0 Å². The number of hydrogen-bond donors (Lipinski definition) is 1. The number of hydrogen-bond acceptors (Lipinski definition) is 3. The zero-order valence-electron chi connectivity index (χ0n) is 12.5. The molecule has 1 aliphatic carbocycles. The highest BCUT2D eigenvalue weighted by molar-refractivity contribution is 6.31. The summed E-state index contributed by atoms with van der Waals surface area (Å²) in [6, 6.07) is 0. The van der Waals surface area contributed by atoms with Crippen LogP contribution in [0.3, 0.4) is 0 Å². The van der Waals surface area contributed by atoms with Gasteiger partial charge in [-0.2, -0.15) is 5.10 Å². The van der Waals surface area contributed by atoms with Crippen molar-refractivity contribution in [3.8, 4) is 0 Å². The number of aryl methyl sites for hydroxylation is 2. The van der Waals surface area contributed by atoms with Crippen molar-refractivity contribution < 1.29 is 0 Å². The molecule has 1 fully saturated rings. The monoisotopic (exact) mass is 284 g/mol. The van der Waals surface area contributed by atoms with Gasteiger partial charge in [-0.05, 0) is 39.8 Å². The second-order valence-electron chi connectivity index (χ2n) is 5.76. The van der Waals surface area contributed by atoms with Gasteiger partial charge in [-0.3, -0.25) is 4.68 Å². The van der Waals surface area contributed by atoms with E-state index < -0.39 is 0 Å². The first kappa shape index (κ1) is 14.8. The van der Waals surface area contributed by atoms with Crippen molar-refractivity contribution in [2.45, 2.75) is 44.7 Å². The van der Waals surface area contributed by atoms with Crippen LogP contribution in [0.2, 0.25) is 5.02 Å². The average Bonchev–Trinajstić information content (AvgIpc) is 2.58. The molecule has 5 heteroatoms. The van der Waals surface area contributed by atoms with Crippen molar-refractivity contribution in [3.63, 3.8) is 0 Å². The molecular formula is C14H25ClN4. The van der Waals surface area contributed by atoms with Crippen LogP contribution in [0.1, 0.15) is 37.6 Å². The Hall–Kier alpha value is -0.580. The molecule has 1 N–H and O–H groups in total. The molecule has 2 rings (SSSR count). The normalized spacial score (nSPS) is 17.8. The Labute approximate surface area is 121 Å². The fourth-order valence-corrected chi connectivity index (χ4v) is 3.15. The van der Waals surface area contributed by atoms with Crippen molar-refractivity contribution in [2.24, 2.45) is 7.05 Å². The van der Waals surface area contributed by atoms with Gasteiger partial charge in [0.2, 0.25) is 0 Å². The molecule has 4 nitrogen and oxygen atoms in total. The number of aromatic nitrogens is 2. The minimum Gasteiger partial charge on any atom is -0.309 e. The van der Waals surface area contributed by atoms with Gasteiger partial charge >= 0.3 is 0 Å². The molecule has 1 aliphatic rings. The first-order chi connectivity index (χ1) is 9.00. The molecule has 1 heterocycles. The third kappa shape index (κ3) is 2.81. The fourth-order valence-electron chi connectivity index (χ4n) is 2.79. The van der Waals surface area contributed by atoms with Gasteiger partial charge in [0.05, 0.1) is 16.4 Å². The second kappa shape index (κ2) is 5.81. The maximum atomic E-state index is 6.36. The average molecular weight is 285 g/mol. The molecule has 0 atom stereocenters. The van der Waals surface area contributed by atoms with Crippen molar-refractivity contribution in [1.29, 1.82) is 0 Å². The van der Waals surface area contributed by atoms with Crippen LogP contribution in [0.5, 0.6) is 0 Å². The second-order valence-corrected chi connectivity index (χ2v) is 6.14. The fraction of sp³-hybridized carbons (Fsp3) is 0.786. The van der Waals surface area contributed by atoms with Crippen LogP contribution in [-0.4, -0.2) is 40.9 Å². The van der Waals surface area contributed by atoms with Crippen LogP contribution in [0, 0.1) is 0 Å². The van der Waals surface area contributed by atoms with E-state index in [0.29, 0.717) is 5.54 Å². The Bertz CT molecular complexity index is 435. The van der Waals surface area contributed by atoms with E-state index >= 15 is 0 Å². The van der Waals surface area contributed by atoms with Crippen molar-refractivity contribution in [3.05, 3.63) is 16.4 Å². The summed E-state index contributed by atoms with van der Waals surface area (Å²) in [4.78, 5) is 2.35. The van der Waals surface area contributed by atoms with E-state index in [-0.39, 0.29) is 0 Å². The molecule has 0 aliphatic heterocycles. The molecule has 0 radical (unpaired) electrons. The summed E-state index contributed by atoms with van der Waals surface area (Å²) in [7, 11) is 6.31. The molecule has 0 saturated heterocycles. The van der Waals surface area contributed by atoms with Crippen LogP contribution in [0.15, 0.2) is 0 Å². The lowest BCUT2D eigenvalue weighted by atomic mass is 9.75. The molecule has 108 valence electrons. The highest BCUT2D eigenvalue weighted by Crippen LogP contribution is 2.35. The first-order valence-corrected chi connectivity index (χ1v) is 7.46. The summed E-state index contributed by atoms with van der Waals surface area (Å²) >= 11 is 6.36. The maximum Gasteiger partial charge on any atom is 0.0863 e. The van der Waals surface area contributed by atoms with E-state index in [0.717, 1.165) is 35.9 Å². The molecule has 1 aromatic rings. The van der Waals surface area contributed by atoms with Crippen molar-refractivity contribution >= 4 is 11.6 Å². The zero-order chi connectivity index (χ0) is 14.0. The Morgan fingerprint density at radius 1 is 1.42 bits per heavy atom. The molecule has 0 aromatic carbocycles. The molecule has 1 saturated carbocycles. The van der Waals surface area contributed by atoms with Crippen LogP contribution in [0.25, 0.3) is 0 Å². The predicted octanol–water partition coefficient (Wildman–Crippen LogP) is 2.21. The zero-order valence-corrected chi connectivity index (χ0v) is 13.2. The molecular weight excluding hydrogens is 260 g/mol. The number of nitrogens with zero attached hydrogens (tertiary/aromatic N) is 3. The summed E-state index contributed by atoms with van der Waals surface area (Å²) in [5, 5.41) is 8.83. The lowest BCUT2D eigenvalue weighted by Gasteiger charge is -2.47. The summed E-state index contributed by atoms with van der Waals surface area (Å²) in [6.07, 6.45) is 4.79. The van der Waals surface area contributed by atoms with Crippen LogP contribution >= 0.6 is 11.6 Å². The third-order valence-electron chi connectivity index (χ3n) is 4.48. The molecule has 0 amide bonds.